The highest BCUT2D eigenvalue weighted by Gasteiger charge is 2.29. The maximum absolute atomic E-state index is 13.9. The maximum Gasteiger partial charge on any atom is 0.179 e. The van der Waals surface area contributed by atoms with Gasteiger partial charge in [0.25, 0.3) is 0 Å². The topological polar surface area (TPSA) is 38.7 Å². The van der Waals surface area contributed by atoms with E-state index in [9.17, 15) is 17.6 Å². The van der Waals surface area contributed by atoms with Gasteiger partial charge in [-0.15, -0.1) is 16.1 Å². The third-order valence-corrected chi connectivity index (χ3v) is 5.22. The Morgan fingerprint density at radius 2 is 1.38 bits per heavy atom. The third-order valence-electron chi connectivity index (χ3n) is 3.17. The molecule has 0 bridgehead atoms. The maximum atomic E-state index is 13.9. The number of benzene rings is 1. The largest absolute Gasteiger partial charge is 0.220 e. The smallest absolute Gasteiger partial charge is 0.179 e. The molecule has 0 aliphatic heterocycles. The zero-order valence-electron chi connectivity index (χ0n) is 10.7. The van der Waals surface area contributed by atoms with Crippen molar-refractivity contribution >= 4 is 23.8 Å². The molecule has 0 saturated heterocycles. The highest BCUT2D eigenvalue weighted by atomic mass is 32.2. The van der Waals surface area contributed by atoms with Crippen LogP contribution < -0.4 is 0 Å². The summed E-state index contributed by atoms with van der Waals surface area (Å²) in [5.41, 5.74) is 0. The highest BCUT2D eigenvalue weighted by Crippen LogP contribution is 2.40. The van der Waals surface area contributed by atoms with E-state index in [4.69, 9.17) is 5.26 Å². The number of hydrogen-bond acceptors (Lipinski definition) is 5. The number of thioether (sulfide) groups is 1. The van der Waals surface area contributed by atoms with Crippen molar-refractivity contribution < 1.29 is 32.2 Å². The Labute approximate surface area is 127 Å². The van der Waals surface area contributed by atoms with Gasteiger partial charge in [0.2, 0.25) is 0 Å². The van der Waals surface area contributed by atoms with Gasteiger partial charge in [-0.25, -0.2) is 22.8 Å². The lowest BCUT2D eigenvalue weighted by Gasteiger charge is -2.21. The van der Waals surface area contributed by atoms with Gasteiger partial charge in [0, 0.05) is 5.25 Å². The first-order chi connectivity index (χ1) is 10.1. The minimum Gasteiger partial charge on any atom is -0.220 e. The lowest BCUT2D eigenvalue weighted by Crippen LogP contribution is -2.10. The van der Waals surface area contributed by atoms with Crippen LogP contribution in [0.1, 0.15) is 32.1 Å². The van der Waals surface area contributed by atoms with Crippen molar-refractivity contribution in [1.82, 2.24) is 0 Å². The van der Waals surface area contributed by atoms with Gasteiger partial charge in [0.15, 0.2) is 23.3 Å². The molecule has 0 heterocycles. The van der Waals surface area contributed by atoms with Gasteiger partial charge >= 0.3 is 0 Å². The van der Waals surface area contributed by atoms with Crippen molar-refractivity contribution in [1.29, 1.82) is 0 Å². The van der Waals surface area contributed by atoms with E-state index < -0.39 is 33.1 Å². The minimum absolute atomic E-state index is 0.0583. The van der Waals surface area contributed by atoms with Crippen LogP contribution in [-0.4, -0.2) is 10.5 Å². The predicted octanol–water partition coefficient (Wildman–Crippen LogP) is 5.10. The van der Waals surface area contributed by atoms with E-state index in [1.807, 2.05) is 0 Å². The molecule has 1 aliphatic carbocycles. The quantitative estimate of drug-likeness (QED) is 0.265. The summed E-state index contributed by atoms with van der Waals surface area (Å²) in [5, 5.41) is 11.0. The van der Waals surface area contributed by atoms with Gasteiger partial charge in [-0.2, -0.15) is 0 Å². The van der Waals surface area contributed by atoms with Crippen LogP contribution in [0.4, 0.5) is 17.6 Å². The molecule has 21 heavy (non-hydrogen) atoms. The van der Waals surface area contributed by atoms with E-state index in [0.29, 0.717) is 0 Å². The van der Waals surface area contributed by atoms with Crippen LogP contribution >= 0.6 is 23.8 Å². The van der Waals surface area contributed by atoms with Gasteiger partial charge in [-0.05, 0) is 12.8 Å². The zero-order valence-corrected chi connectivity index (χ0v) is 12.3. The van der Waals surface area contributed by atoms with Gasteiger partial charge in [0.05, 0.1) is 16.9 Å². The highest BCUT2D eigenvalue weighted by molar-refractivity contribution is 8.00. The first kappa shape index (κ1) is 16.9. The van der Waals surface area contributed by atoms with E-state index in [-0.39, 0.29) is 17.3 Å². The Bertz CT molecular complexity index is 481. The van der Waals surface area contributed by atoms with Crippen LogP contribution in [0.2, 0.25) is 0 Å². The lowest BCUT2D eigenvalue weighted by molar-refractivity contribution is -0.432. The number of rotatable bonds is 5. The summed E-state index contributed by atoms with van der Waals surface area (Å²) in [5.74, 6) is -6.08. The molecule has 1 aromatic carbocycles. The second-order valence-corrected chi connectivity index (χ2v) is 6.54. The van der Waals surface area contributed by atoms with Crippen molar-refractivity contribution in [3.8, 4) is 0 Å². The summed E-state index contributed by atoms with van der Waals surface area (Å²) in [4.78, 5) is -1.71. The standard InChI is InChI=1S/C12H12F4O3S2/c13-7-9(15)12(21-19-18-17)10(16)8(14)11(7)20-6-4-2-1-3-5-6/h6,17H,1-5H2. The van der Waals surface area contributed by atoms with Crippen LogP contribution in [-0.2, 0) is 9.37 Å². The molecule has 0 radical (unpaired) electrons. The Morgan fingerprint density at radius 1 is 0.857 bits per heavy atom. The fourth-order valence-corrected chi connectivity index (χ4v) is 3.88. The van der Waals surface area contributed by atoms with Crippen LogP contribution in [0.5, 0.6) is 0 Å². The summed E-state index contributed by atoms with van der Waals surface area (Å²) in [6, 6.07) is 0. The zero-order chi connectivity index (χ0) is 15.4. The van der Waals surface area contributed by atoms with Crippen molar-refractivity contribution in [3.05, 3.63) is 23.3 Å². The SMILES string of the molecule is OOOSc1c(F)c(F)c(SC2CCCCC2)c(F)c1F. The first-order valence-corrected chi connectivity index (χ1v) is 7.85. The van der Waals surface area contributed by atoms with Gasteiger partial charge in [-0.3, -0.25) is 0 Å². The third kappa shape index (κ3) is 3.84. The molecule has 0 amide bonds. The summed E-state index contributed by atoms with van der Waals surface area (Å²) in [6.07, 6.45) is 4.43. The van der Waals surface area contributed by atoms with Gasteiger partial charge in [-0.1, -0.05) is 24.3 Å². The Hall–Kier alpha value is -0.480. The van der Waals surface area contributed by atoms with E-state index >= 15 is 0 Å². The molecular formula is C12H12F4O3S2. The fourth-order valence-electron chi connectivity index (χ4n) is 2.17. The Morgan fingerprint density at radius 3 is 1.90 bits per heavy atom. The first-order valence-electron chi connectivity index (χ1n) is 6.23. The average Bonchev–Trinajstić information content (AvgIpc) is 2.51. The summed E-state index contributed by atoms with van der Waals surface area (Å²) in [6.45, 7) is 0. The second-order valence-electron chi connectivity index (χ2n) is 4.52. The molecule has 0 unspecified atom stereocenters. The normalized spacial score (nSPS) is 16.4. The van der Waals surface area contributed by atoms with E-state index in [2.05, 4.69) is 9.37 Å². The predicted molar refractivity (Wildman–Crippen MR) is 69.7 cm³/mol. The van der Waals surface area contributed by atoms with E-state index in [0.717, 1.165) is 43.9 Å². The lowest BCUT2D eigenvalue weighted by atomic mass is 10.0. The molecular weight excluding hydrogens is 332 g/mol. The molecule has 0 atom stereocenters. The van der Waals surface area contributed by atoms with Gasteiger partial charge < -0.3 is 0 Å². The molecule has 9 heteroatoms. The van der Waals surface area contributed by atoms with Crippen LogP contribution in [0.25, 0.3) is 0 Å². The van der Waals surface area contributed by atoms with Gasteiger partial charge in [0.1, 0.15) is 4.90 Å². The molecule has 3 nitrogen and oxygen atoms in total. The second kappa shape index (κ2) is 7.68. The number of hydrogen-bond donors (Lipinski definition) is 1. The van der Waals surface area contributed by atoms with E-state index in [1.165, 1.54) is 0 Å². The molecule has 1 N–H and O–H groups in total. The molecule has 0 spiro atoms. The van der Waals surface area contributed by atoms with Crippen molar-refractivity contribution in [2.45, 2.75) is 47.1 Å². The number of halogens is 4. The summed E-state index contributed by atoms with van der Waals surface area (Å²) in [7, 11) is 0. The Kier molecular flexibility index (Phi) is 6.18. The van der Waals surface area contributed by atoms with Crippen molar-refractivity contribution in [3.63, 3.8) is 0 Å². The molecule has 1 saturated carbocycles. The molecule has 2 rings (SSSR count). The molecule has 1 aromatic rings. The monoisotopic (exact) mass is 344 g/mol. The average molecular weight is 344 g/mol. The minimum atomic E-state index is -1.57. The van der Waals surface area contributed by atoms with Crippen molar-refractivity contribution in [2.24, 2.45) is 0 Å². The molecule has 118 valence electrons. The molecule has 1 fully saturated rings. The molecule has 1 aliphatic rings. The van der Waals surface area contributed by atoms with Crippen LogP contribution in [0.15, 0.2) is 9.79 Å². The summed E-state index contributed by atoms with van der Waals surface area (Å²) < 4.78 is 59.1. The fraction of sp³-hybridized carbons (Fsp3) is 0.500. The van der Waals surface area contributed by atoms with Crippen LogP contribution in [0.3, 0.4) is 0 Å². The molecule has 0 aromatic heterocycles. The van der Waals surface area contributed by atoms with E-state index in [1.54, 1.807) is 0 Å². The van der Waals surface area contributed by atoms with Crippen LogP contribution in [0, 0.1) is 23.3 Å². The van der Waals surface area contributed by atoms with Crippen molar-refractivity contribution in [2.75, 3.05) is 0 Å². The Balaban J connectivity index is 2.29. The summed E-state index contributed by atoms with van der Waals surface area (Å²) >= 11 is 0.663.